The van der Waals surface area contributed by atoms with Crippen LogP contribution in [0, 0.1) is 0 Å². The van der Waals surface area contributed by atoms with E-state index in [4.69, 9.17) is 0 Å². The van der Waals surface area contributed by atoms with Crippen LogP contribution in [0.5, 0.6) is 0 Å². The standard InChI is InChI=1S/C31H34F3N5O2/c1-3-36-18-8-11-26(36)21-35-20-22-12-15-25(16-13-22)39-29(40)37(4-2)27-17-14-23(31(32,33)34)19-28(27)38(30(39)41)24-9-6-5-7-10-24/h5-7,9-10,12-17,19,26,35H,3-4,8,11,18,20-21H2,1-2H3. The van der Waals surface area contributed by atoms with Crippen LogP contribution in [0.25, 0.3) is 0 Å². The van der Waals surface area contributed by atoms with E-state index in [0.717, 1.165) is 42.2 Å². The van der Waals surface area contributed by atoms with Gasteiger partial charge in [-0.1, -0.05) is 37.3 Å². The zero-order valence-electron chi connectivity index (χ0n) is 23.2. The van der Waals surface area contributed by atoms with Gasteiger partial charge in [0.15, 0.2) is 0 Å². The number of likely N-dealkylation sites (N-methyl/N-ethyl adjacent to an activating group) is 1. The Morgan fingerprint density at radius 3 is 2.20 bits per heavy atom. The fourth-order valence-electron chi connectivity index (χ4n) is 5.66. The van der Waals surface area contributed by atoms with Crippen molar-refractivity contribution in [3.63, 3.8) is 0 Å². The molecular formula is C31H34F3N5O2. The Labute approximate surface area is 238 Å². The van der Waals surface area contributed by atoms with Crippen LogP contribution in [0.4, 0.5) is 45.5 Å². The first kappa shape index (κ1) is 28.6. The number of carbonyl (C=O) groups excluding carboxylic acids is 2. The summed E-state index contributed by atoms with van der Waals surface area (Å²) >= 11 is 0. The van der Waals surface area contributed by atoms with Crippen molar-refractivity contribution in [3.05, 3.63) is 83.9 Å². The minimum atomic E-state index is -4.62. The first-order valence-corrected chi connectivity index (χ1v) is 14.0. The van der Waals surface area contributed by atoms with E-state index in [1.165, 1.54) is 28.7 Å². The second kappa shape index (κ2) is 11.9. The number of hydrogen-bond acceptors (Lipinski definition) is 4. The lowest BCUT2D eigenvalue weighted by Gasteiger charge is -2.27. The molecular weight excluding hydrogens is 531 g/mol. The lowest BCUT2D eigenvalue weighted by Crippen LogP contribution is -2.48. The minimum absolute atomic E-state index is 0.0115. The minimum Gasteiger partial charge on any atom is -0.311 e. The van der Waals surface area contributed by atoms with Gasteiger partial charge in [-0.25, -0.2) is 14.5 Å². The number of para-hydroxylation sites is 1. The van der Waals surface area contributed by atoms with Crippen LogP contribution in [-0.2, 0) is 12.7 Å². The summed E-state index contributed by atoms with van der Waals surface area (Å²) in [5.74, 6) is 0. The molecule has 1 fully saturated rings. The molecule has 216 valence electrons. The smallest absolute Gasteiger partial charge is 0.311 e. The number of nitrogens with one attached hydrogen (secondary N) is 1. The summed E-state index contributed by atoms with van der Waals surface area (Å²) < 4.78 is 41.2. The highest BCUT2D eigenvalue weighted by molar-refractivity contribution is 6.28. The van der Waals surface area contributed by atoms with Crippen molar-refractivity contribution in [3.8, 4) is 0 Å². The molecule has 10 heteroatoms. The lowest BCUT2D eigenvalue weighted by atomic mass is 10.1. The SMILES string of the molecule is CCN1C(=O)N(c2ccc(CNCC3CCCN3CC)cc2)C(=O)N(c2ccccc2)c2cc(C(F)(F)F)ccc21. The van der Waals surface area contributed by atoms with Crippen LogP contribution < -0.4 is 20.0 Å². The molecule has 0 bridgehead atoms. The molecule has 7 nitrogen and oxygen atoms in total. The molecule has 0 radical (unpaired) electrons. The number of hydrogen-bond donors (Lipinski definition) is 1. The number of rotatable bonds is 8. The Balaban J connectivity index is 1.47. The molecule has 3 aromatic carbocycles. The van der Waals surface area contributed by atoms with E-state index in [1.807, 2.05) is 12.1 Å². The monoisotopic (exact) mass is 565 g/mol. The highest BCUT2D eigenvalue weighted by Gasteiger charge is 2.41. The summed E-state index contributed by atoms with van der Waals surface area (Å²) in [7, 11) is 0. The molecule has 1 N–H and O–H groups in total. The van der Waals surface area contributed by atoms with Gasteiger partial charge in [-0.2, -0.15) is 13.2 Å². The molecule has 0 aliphatic carbocycles. The maximum Gasteiger partial charge on any atom is 0.416 e. The quantitative estimate of drug-likeness (QED) is 0.319. The van der Waals surface area contributed by atoms with Crippen molar-refractivity contribution in [2.75, 3.05) is 40.9 Å². The van der Waals surface area contributed by atoms with Crippen molar-refractivity contribution in [2.24, 2.45) is 0 Å². The predicted octanol–water partition coefficient (Wildman–Crippen LogP) is 7.00. The third-order valence-electron chi connectivity index (χ3n) is 7.78. The van der Waals surface area contributed by atoms with Gasteiger partial charge in [0, 0.05) is 25.7 Å². The van der Waals surface area contributed by atoms with Crippen molar-refractivity contribution in [2.45, 2.75) is 45.5 Å². The van der Waals surface area contributed by atoms with Gasteiger partial charge >= 0.3 is 18.2 Å². The molecule has 2 aliphatic heterocycles. The molecule has 0 saturated carbocycles. The number of likely N-dealkylation sites (tertiary alicyclic amines) is 1. The van der Waals surface area contributed by atoms with E-state index >= 15 is 0 Å². The molecule has 3 aromatic rings. The summed E-state index contributed by atoms with van der Waals surface area (Å²) in [5.41, 5.74) is 0.984. The third kappa shape index (κ3) is 5.80. The molecule has 41 heavy (non-hydrogen) atoms. The van der Waals surface area contributed by atoms with Crippen molar-refractivity contribution in [1.29, 1.82) is 0 Å². The van der Waals surface area contributed by atoms with Gasteiger partial charge in [0.1, 0.15) is 0 Å². The van der Waals surface area contributed by atoms with E-state index in [1.54, 1.807) is 49.4 Å². The van der Waals surface area contributed by atoms with E-state index < -0.39 is 23.8 Å². The molecule has 1 saturated heterocycles. The van der Waals surface area contributed by atoms with Gasteiger partial charge in [0.2, 0.25) is 0 Å². The van der Waals surface area contributed by atoms with Crippen LogP contribution in [-0.4, -0.2) is 49.2 Å². The molecule has 1 atom stereocenters. The van der Waals surface area contributed by atoms with Gasteiger partial charge in [-0.05, 0) is 80.9 Å². The largest absolute Gasteiger partial charge is 0.416 e. The Kier molecular flexibility index (Phi) is 8.32. The number of amides is 4. The first-order chi connectivity index (χ1) is 19.7. The maximum absolute atomic E-state index is 14.1. The topological polar surface area (TPSA) is 59.1 Å². The van der Waals surface area contributed by atoms with Crippen LogP contribution in [0.1, 0.15) is 37.8 Å². The molecule has 2 heterocycles. The number of fused-ring (bicyclic) bond motifs is 1. The van der Waals surface area contributed by atoms with Crippen LogP contribution in [0.2, 0.25) is 0 Å². The summed E-state index contributed by atoms with van der Waals surface area (Å²) in [6, 6.07) is 17.8. The molecule has 5 rings (SSSR count). The molecule has 2 aliphatic rings. The fraction of sp³-hybridized carbons (Fsp3) is 0.355. The van der Waals surface area contributed by atoms with Gasteiger partial charge in [0.05, 0.1) is 28.3 Å². The number of urea groups is 2. The summed E-state index contributed by atoms with van der Waals surface area (Å²) in [5, 5.41) is 3.51. The molecule has 4 amide bonds. The summed E-state index contributed by atoms with van der Waals surface area (Å²) in [4.78, 5) is 33.9. The number of nitrogens with zero attached hydrogens (tertiary/aromatic N) is 4. The van der Waals surface area contributed by atoms with E-state index in [-0.39, 0.29) is 17.9 Å². The predicted molar refractivity (Wildman–Crippen MR) is 155 cm³/mol. The first-order valence-electron chi connectivity index (χ1n) is 14.0. The maximum atomic E-state index is 14.1. The van der Waals surface area contributed by atoms with E-state index in [2.05, 4.69) is 17.1 Å². The number of alkyl halides is 3. The average molecular weight is 566 g/mol. The summed E-state index contributed by atoms with van der Waals surface area (Å²) in [6.07, 6.45) is -2.23. The summed E-state index contributed by atoms with van der Waals surface area (Å²) in [6.45, 7) is 7.74. The molecule has 0 aromatic heterocycles. The van der Waals surface area contributed by atoms with E-state index in [9.17, 15) is 22.8 Å². The highest BCUT2D eigenvalue weighted by Crippen LogP contribution is 2.43. The zero-order chi connectivity index (χ0) is 29.1. The highest BCUT2D eigenvalue weighted by atomic mass is 19.4. The second-order valence-corrected chi connectivity index (χ2v) is 10.2. The van der Waals surface area contributed by atoms with Crippen LogP contribution in [0.3, 0.4) is 0 Å². The second-order valence-electron chi connectivity index (χ2n) is 10.2. The Hall–Kier alpha value is -3.89. The number of benzene rings is 3. The van der Waals surface area contributed by atoms with Crippen molar-refractivity contribution in [1.82, 2.24) is 10.2 Å². The number of anilines is 4. The zero-order valence-corrected chi connectivity index (χ0v) is 23.2. The van der Waals surface area contributed by atoms with Gasteiger partial charge < -0.3 is 5.32 Å². The number of carbonyl (C=O) groups is 2. The van der Waals surface area contributed by atoms with Crippen molar-refractivity contribution < 1.29 is 22.8 Å². The number of halogens is 3. The fourth-order valence-corrected chi connectivity index (χ4v) is 5.66. The van der Waals surface area contributed by atoms with Crippen molar-refractivity contribution >= 4 is 34.8 Å². The number of imide groups is 1. The van der Waals surface area contributed by atoms with Gasteiger partial charge in [0.25, 0.3) is 0 Å². The van der Waals surface area contributed by atoms with Gasteiger partial charge in [-0.15, -0.1) is 0 Å². The normalized spacial score (nSPS) is 18.2. The molecule has 0 spiro atoms. The Morgan fingerprint density at radius 2 is 1.54 bits per heavy atom. The lowest BCUT2D eigenvalue weighted by molar-refractivity contribution is -0.137. The Morgan fingerprint density at radius 1 is 0.829 bits per heavy atom. The van der Waals surface area contributed by atoms with E-state index in [0.29, 0.717) is 24.0 Å². The molecule has 1 unspecified atom stereocenters. The third-order valence-corrected chi connectivity index (χ3v) is 7.78. The van der Waals surface area contributed by atoms with Gasteiger partial charge in [-0.3, -0.25) is 14.7 Å². The average Bonchev–Trinajstić information content (AvgIpc) is 3.39. The van der Waals surface area contributed by atoms with Crippen LogP contribution in [0.15, 0.2) is 72.8 Å². The Bertz CT molecular complexity index is 1380. The van der Waals surface area contributed by atoms with Crippen LogP contribution >= 0.6 is 0 Å².